The normalized spacial score (nSPS) is 19.2. The van der Waals surface area contributed by atoms with Crippen molar-refractivity contribution in [2.45, 2.75) is 24.2 Å². The van der Waals surface area contributed by atoms with Gasteiger partial charge in [-0.2, -0.15) is 0 Å². The lowest BCUT2D eigenvalue weighted by Crippen LogP contribution is -2.49. The van der Waals surface area contributed by atoms with Crippen LogP contribution < -0.4 is 16.4 Å². The minimum Gasteiger partial charge on any atom is -0.404 e. The predicted octanol–water partition coefficient (Wildman–Crippen LogP) is 2.19. The number of nitrogens with two attached hydrogens (primary N) is 2. The maximum absolute atomic E-state index is 12.3. The Balaban J connectivity index is 1.69. The second-order valence-electron chi connectivity index (χ2n) is 7.45. The van der Waals surface area contributed by atoms with Crippen LogP contribution >= 0.6 is 0 Å². The Kier molecular flexibility index (Phi) is 5.14. The van der Waals surface area contributed by atoms with Gasteiger partial charge in [0.15, 0.2) is 0 Å². The summed E-state index contributed by atoms with van der Waals surface area (Å²) < 4.78 is 17.9. The van der Waals surface area contributed by atoms with E-state index in [4.69, 9.17) is 16.2 Å². The van der Waals surface area contributed by atoms with Crippen LogP contribution in [0.25, 0.3) is 5.70 Å². The molecule has 4 N–H and O–H groups in total. The first-order valence-electron chi connectivity index (χ1n) is 9.54. The molecule has 2 aromatic rings. The number of benzene rings is 1. The minimum absolute atomic E-state index is 0.0500. The molecule has 3 heterocycles. The van der Waals surface area contributed by atoms with E-state index in [-0.39, 0.29) is 5.41 Å². The minimum atomic E-state index is -1.02. The number of hydrogen-bond acceptors (Lipinski definition) is 7. The molecule has 1 spiro atoms. The average molecular weight is 412 g/mol. The van der Waals surface area contributed by atoms with E-state index in [2.05, 4.69) is 20.9 Å². The summed E-state index contributed by atoms with van der Waals surface area (Å²) in [6, 6.07) is 6.05. The first-order valence-corrected chi connectivity index (χ1v) is 10.9. The maximum Gasteiger partial charge on any atom is 0.229 e. The number of fused-ring (bicyclic) bond motifs is 2. The Morgan fingerprint density at radius 2 is 2.07 bits per heavy atom. The van der Waals surface area contributed by atoms with Crippen LogP contribution in [0.2, 0.25) is 0 Å². The number of aromatic nitrogens is 2. The van der Waals surface area contributed by atoms with Gasteiger partial charge in [-0.1, -0.05) is 13.0 Å². The monoisotopic (exact) mass is 411 g/mol. The van der Waals surface area contributed by atoms with Crippen LogP contribution in [0.5, 0.6) is 0 Å². The van der Waals surface area contributed by atoms with Crippen molar-refractivity contribution in [3.05, 3.63) is 59.6 Å². The van der Waals surface area contributed by atoms with Crippen molar-refractivity contribution in [1.82, 2.24) is 9.97 Å². The molecule has 1 fully saturated rings. The molecule has 1 atom stereocenters. The van der Waals surface area contributed by atoms with Gasteiger partial charge < -0.3 is 21.1 Å². The van der Waals surface area contributed by atoms with E-state index in [0.717, 1.165) is 28.3 Å². The van der Waals surface area contributed by atoms with Gasteiger partial charge in [0.2, 0.25) is 5.95 Å². The fourth-order valence-electron chi connectivity index (χ4n) is 3.72. The average Bonchev–Trinajstić information content (AvgIpc) is 3.08. The van der Waals surface area contributed by atoms with Crippen molar-refractivity contribution < 1.29 is 8.95 Å². The zero-order valence-corrected chi connectivity index (χ0v) is 17.4. The van der Waals surface area contributed by atoms with E-state index in [9.17, 15) is 4.21 Å². The highest BCUT2D eigenvalue weighted by molar-refractivity contribution is 7.85. The zero-order valence-electron chi connectivity index (χ0n) is 16.6. The van der Waals surface area contributed by atoms with E-state index in [1.54, 1.807) is 18.5 Å². The third kappa shape index (κ3) is 3.42. The summed E-state index contributed by atoms with van der Waals surface area (Å²) >= 11 is 0. The lowest BCUT2D eigenvalue weighted by Gasteiger charge is -2.38. The largest absolute Gasteiger partial charge is 0.404 e. The first-order chi connectivity index (χ1) is 14.0. The summed E-state index contributed by atoms with van der Waals surface area (Å²) in [6.45, 7) is 5.88. The van der Waals surface area contributed by atoms with E-state index >= 15 is 0 Å². The van der Waals surface area contributed by atoms with Crippen molar-refractivity contribution in [3.63, 3.8) is 0 Å². The highest BCUT2D eigenvalue weighted by atomic mass is 32.2. The SMILES string of the molecule is CCS(=O)c1ccc2c(c1)N(c1ncc(/C(N)=C/C(C)=C\N)cn1)CC21COC1. The maximum atomic E-state index is 12.3. The highest BCUT2D eigenvalue weighted by Gasteiger charge is 2.49. The molecule has 1 unspecified atom stereocenters. The number of anilines is 2. The van der Waals surface area contributed by atoms with Gasteiger partial charge >= 0.3 is 0 Å². The summed E-state index contributed by atoms with van der Waals surface area (Å²) in [5.74, 6) is 1.18. The van der Waals surface area contributed by atoms with Crippen LogP contribution in [0, 0.1) is 0 Å². The van der Waals surface area contributed by atoms with Crippen LogP contribution in [0.4, 0.5) is 11.6 Å². The molecule has 0 radical (unpaired) electrons. The molecule has 2 aliphatic rings. The Morgan fingerprint density at radius 3 is 2.66 bits per heavy atom. The Morgan fingerprint density at radius 1 is 1.34 bits per heavy atom. The molecule has 4 rings (SSSR count). The van der Waals surface area contributed by atoms with Crippen LogP contribution in [0.1, 0.15) is 25.0 Å². The van der Waals surface area contributed by atoms with E-state index in [1.165, 1.54) is 11.8 Å². The van der Waals surface area contributed by atoms with Gasteiger partial charge in [0.05, 0.1) is 29.4 Å². The molecule has 8 heteroatoms. The number of ether oxygens (including phenoxy) is 1. The highest BCUT2D eigenvalue weighted by Crippen LogP contribution is 2.48. The van der Waals surface area contributed by atoms with E-state index in [1.807, 2.05) is 26.0 Å². The van der Waals surface area contributed by atoms with Crippen molar-refractivity contribution >= 4 is 28.1 Å². The fraction of sp³-hybridized carbons (Fsp3) is 0.333. The second-order valence-corrected chi connectivity index (χ2v) is 9.19. The smallest absolute Gasteiger partial charge is 0.229 e. The van der Waals surface area contributed by atoms with Crippen LogP contribution in [-0.4, -0.2) is 39.7 Å². The predicted molar refractivity (Wildman–Crippen MR) is 115 cm³/mol. The summed E-state index contributed by atoms with van der Waals surface area (Å²) in [5.41, 5.74) is 15.9. The molecule has 0 saturated carbocycles. The molecule has 152 valence electrons. The summed E-state index contributed by atoms with van der Waals surface area (Å²) in [7, 11) is -1.02. The van der Waals surface area contributed by atoms with E-state index in [0.29, 0.717) is 30.6 Å². The topological polar surface area (TPSA) is 107 Å². The Bertz CT molecular complexity index is 1010. The van der Waals surface area contributed by atoms with Crippen molar-refractivity contribution in [2.24, 2.45) is 11.5 Å². The molecule has 1 saturated heterocycles. The van der Waals surface area contributed by atoms with E-state index < -0.39 is 10.8 Å². The van der Waals surface area contributed by atoms with Crippen LogP contribution in [-0.2, 0) is 21.0 Å². The molecule has 1 aromatic heterocycles. The Labute approximate surface area is 172 Å². The number of nitrogens with zero attached hydrogens (tertiary/aromatic N) is 3. The number of rotatable bonds is 5. The Hall–Kier alpha value is -2.71. The summed E-state index contributed by atoms with van der Waals surface area (Å²) in [6.07, 6.45) is 6.72. The molecular formula is C21H25N5O2S. The summed E-state index contributed by atoms with van der Waals surface area (Å²) in [5, 5.41) is 0. The third-order valence-corrected chi connectivity index (χ3v) is 6.74. The fourth-order valence-corrected chi connectivity index (χ4v) is 4.52. The molecule has 29 heavy (non-hydrogen) atoms. The molecule has 1 aromatic carbocycles. The summed E-state index contributed by atoms with van der Waals surface area (Å²) in [4.78, 5) is 12.0. The number of hydrogen-bond donors (Lipinski definition) is 2. The quantitative estimate of drug-likeness (QED) is 0.726. The van der Waals surface area contributed by atoms with Gasteiger partial charge in [-0.3, -0.25) is 4.21 Å². The first kappa shape index (κ1) is 19.6. The molecule has 0 amide bonds. The number of allylic oxidation sites excluding steroid dienone is 2. The van der Waals surface area contributed by atoms with Gasteiger partial charge in [0.1, 0.15) is 0 Å². The molecule has 7 nitrogen and oxygen atoms in total. The zero-order chi connectivity index (χ0) is 20.6. The lowest BCUT2D eigenvalue weighted by molar-refractivity contribution is -0.0507. The standard InChI is InChI=1S/C21H25N5O2S/c1-3-29(27)16-4-5-17-19(7-16)26(11-21(17)12-28-13-21)20-24-9-15(10-25-20)18(23)6-14(2)8-22/h4-10H,3,11-13,22-23H2,1-2H3/b14-8-,18-6-. The molecule has 0 aliphatic carbocycles. The van der Waals surface area contributed by atoms with Crippen LogP contribution in [0.3, 0.4) is 0 Å². The molecule has 0 bridgehead atoms. The molecular weight excluding hydrogens is 386 g/mol. The van der Waals surface area contributed by atoms with Crippen molar-refractivity contribution in [2.75, 3.05) is 30.4 Å². The van der Waals surface area contributed by atoms with Crippen molar-refractivity contribution in [1.29, 1.82) is 0 Å². The van der Waals surface area contributed by atoms with Gasteiger partial charge in [0, 0.05) is 46.5 Å². The van der Waals surface area contributed by atoms with Crippen LogP contribution in [0.15, 0.2) is 53.3 Å². The second kappa shape index (κ2) is 7.61. The van der Waals surface area contributed by atoms with Gasteiger partial charge in [-0.05, 0) is 42.5 Å². The van der Waals surface area contributed by atoms with Crippen molar-refractivity contribution in [3.8, 4) is 0 Å². The van der Waals surface area contributed by atoms with Gasteiger partial charge in [-0.15, -0.1) is 0 Å². The van der Waals surface area contributed by atoms with Gasteiger partial charge in [0.25, 0.3) is 0 Å². The molecule has 2 aliphatic heterocycles. The lowest BCUT2D eigenvalue weighted by atomic mass is 9.81. The third-order valence-electron chi connectivity index (χ3n) is 5.43. The van der Waals surface area contributed by atoms with Gasteiger partial charge in [-0.25, -0.2) is 9.97 Å².